The molecule has 0 bridgehead atoms. The molecule has 2 aromatic carbocycles. The molecule has 0 amide bonds. The highest BCUT2D eigenvalue weighted by Crippen LogP contribution is 2.35. The number of nitrogens with one attached hydrogen (secondary N) is 1. The molecule has 3 rings (SSSR count). The maximum Gasteiger partial charge on any atom is 0.138 e. The highest BCUT2D eigenvalue weighted by atomic mass is 35.5. The summed E-state index contributed by atoms with van der Waals surface area (Å²) in [5.74, 6) is 0.407. The summed E-state index contributed by atoms with van der Waals surface area (Å²) >= 11 is 6.08. The van der Waals surface area contributed by atoms with Gasteiger partial charge >= 0.3 is 0 Å². The van der Waals surface area contributed by atoms with Crippen molar-refractivity contribution in [2.75, 3.05) is 5.32 Å². The number of hydrogen-bond acceptors (Lipinski definition) is 2. The van der Waals surface area contributed by atoms with Crippen LogP contribution in [0.5, 0.6) is 0 Å². The highest BCUT2D eigenvalue weighted by molar-refractivity contribution is 6.30. The fraction of sp³-hybridized carbons (Fsp3) is 0.316. The topological polar surface area (TPSA) is 29.1 Å². The molecular weight excluding hydrogens is 294 g/mol. The normalized spacial score (nSPS) is 19.7. The van der Waals surface area contributed by atoms with Gasteiger partial charge in [-0.15, -0.1) is 0 Å². The average molecular weight is 314 g/mol. The maximum absolute atomic E-state index is 12.4. The van der Waals surface area contributed by atoms with Crippen molar-refractivity contribution in [2.45, 2.75) is 31.7 Å². The van der Waals surface area contributed by atoms with Gasteiger partial charge in [-0.2, -0.15) is 0 Å². The summed E-state index contributed by atoms with van der Waals surface area (Å²) in [6, 6.07) is 17.9. The summed E-state index contributed by atoms with van der Waals surface area (Å²) in [5.41, 5.74) is 2.11. The Labute approximate surface area is 136 Å². The zero-order valence-corrected chi connectivity index (χ0v) is 13.2. The summed E-state index contributed by atoms with van der Waals surface area (Å²) < 4.78 is 0. The molecule has 0 aromatic heterocycles. The Morgan fingerprint density at radius 3 is 2.59 bits per heavy atom. The minimum atomic E-state index is 0.00691. The Hall–Kier alpha value is -1.80. The smallest absolute Gasteiger partial charge is 0.138 e. The first-order chi connectivity index (χ1) is 10.7. The Bertz CT molecular complexity index is 641. The van der Waals surface area contributed by atoms with Gasteiger partial charge in [0.25, 0.3) is 0 Å². The third-order valence-corrected chi connectivity index (χ3v) is 4.54. The minimum absolute atomic E-state index is 0.00691. The van der Waals surface area contributed by atoms with E-state index in [4.69, 9.17) is 11.6 Å². The largest absolute Gasteiger partial charge is 0.377 e. The van der Waals surface area contributed by atoms with Crippen molar-refractivity contribution >= 4 is 23.1 Å². The van der Waals surface area contributed by atoms with E-state index in [1.165, 1.54) is 0 Å². The van der Waals surface area contributed by atoms with E-state index in [0.717, 1.165) is 30.5 Å². The van der Waals surface area contributed by atoms with Crippen molar-refractivity contribution < 1.29 is 4.79 Å². The molecule has 2 unspecified atom stereocenters. The van der Waals surface area contributed by atoms with Crippen LogP contribution in [-0.4, -0.2) is 5.78 Å². The van der Waals surface area contributed by atoms with Gasteiger partial charge in [-0.25, -0.2) is 0 Å². The fourth-order valence-corrected chi connectivity index (χ4v) is 3.39. The van der Waals surface area contributed by atoms with Crippen LogP contribution in [0.3, 0.4) is 0 Å². The second kappa shape index (κ2) is 6.97. The van der Waals surface area contributed by atoms with E-state index in [1.807, 2.05) is 42.5 Å². The lowest BCUT2D eigenvalue weighted by molar-refractivity contribution is -0.125. The molecule has 2 atom stereocenters. The monoisotopic (exact) mass is 313 g/mol. The Morgan fingerprint density at radius 1 is 1.05 bits per heavy atom. The van der Waals surface area contributed by atoms with Crippen LogP contribution in [0.2, 0.25) is 5.02 Å². The number of halogens is 1. The number of benzene rings is 2. The first kappa shape index (κ1) is 15.1. The second-order valence-corrected chi connectivity index (χ2v) is 6.30. The van der Waals surface area contributed by atoms with Crippen molar-refractivity contribution in [3.63, 3.8) is 0 Å². The number of hydrogen-bond donors (Lipinski definition) is 1. The number of anilines is 1. The molecule has 1 saturated carbocycles. The molecule has 0 radical (unpaired) electrons. The third kappa shape index (κ3) is 3.50. The highest BCUT2D eigenvalue weighted by Gasteiger charge is 2.31. The number of ketones is 1. The van der Waals surface area contributed by atoms with Crippen LogP contribution in [0, 0.1) is 5.92 Å². The van der Waals surface area contributed by atoms with Crippen LogP contribution in [0.25, 0.3) is 0 Å². The maximum atomic E-state index is 12.4. The van der Waals surface area contributed by atoms with E-state index in [9.17, 15) is 4.79 Å². The van der Waals surface area contributed by atoms with Crippen molar-refractivity contribution in [1.29, 1.82) is 0 Å². The van der Waals surface area contributed by atoms with Gasteiger partial charge in [-0.1, -0.05) is 54.4 Å². The van der Waals surface area contributed by atoms with E-state index < -0.39 is 0 Å². The quantitative estimate of drug-likeness (QED) is 0.835. The lowest BCUT2D eigenvalue weighted by atomic mass is 9.80. The third-order valence-electron chi connectivity index (χ3n) is 4.31. The lowest BCUT2D eigenvalue weighted by Crippen LogP contribution is -2.30. The molecule has 1 fully saturated rings. The first-order valence-corrected chi connectivity index (χ1v) is 8.21. The molecule has 2 aromatic rings. The summed E-state index contributed by atoms with van der Waals surface area (Å²) in [5, 5.41) is 4.23. The summed E-state index contributed by atoms with van der Waals surface area (Å²) in [7, 11) is 0. The summed E-state index contributed by atoms with van der Waals surface area (Å²) in [4.78, 5) is 12.4. The predicted octanol–water partition coefficient (Wildman–Crippen LogP) is 5.25. The van der Waals surface area contributed by atoms with Gasteiger partial charge in [0.05, 0.1) is 6.04 Å². The van der Waals surface area contributed by atoms with Gasteiger partial charge in [0, 0.05) is 23.0 Å². The Kier molecular flexibility index (Phi) is 4.79. The van der Waals surface area contributed by atoms with E-state index in [1.54, 1.807) is 0 Å². The Morgan fingerprint density at radius 2 is 1.86 bits per heavy atom. The van der Waals surface area contributed by atoms with Gasteiger partial charge in [-0.3, -0.25) is 4.79 Å². The van der Waals surface area contributed by atoms with Crippen LogP contribution < -0.4 is 5.32 Å². The van der Waals surface area contributed by atoms with E-state index in [0.29, 0.717) is 17.2 Å². The Balaban J connectivity index is 1.90. The number of Topliss-reactive ketones (excluding diaryl/α,β-unsaturated/α-hetero) is 1. The van der Waals surface area contributed by atoms with E-state index in [-0.39, 0.29) is 12.0 Å². The SMILES string of the molecule is O=C1CCCCC1C(Nc1cccc(Cl)c1)c1ccccc1. The molecule has 22 heavy (non-hydrogen) atoms. The molecule has 0 spiro atoms. The van der Waals surface area contributed by atoms with Gasteiger partial charge < -0.3 is 5.32 Å². The van der Waals surface area contributed by atoms with Crippen LogP contribution in [-0.2, 0) is 4.79 Å². The van der Waals surface area contributed by atoms with Crippen molar-refractivity contribution in [3.8, 4) is 0 Å². The molecule has 2 nitrogen and oxygen atoms in total. The van der Waals surface area contributed by atoms with Crippen LogP contribution in [0.1, 0.15) is 37.3 Å². The minimum Gasteiger partial charge on any atom is -0.377 e. The summed E-state index contributed by atoms with van der Waals surface area (Å²) in [6.07, 6.45) is 3.79. The average Bonchev–Trinajstić information content (AvgIpc) is 2.54. The van der Waals surface area contributed by atoms with Gasteiger partial charge in [-0.05, 0) is 36.6 Å². The van der Waals surface area contributed by atoms with E-state index >= 15 is 0 Å². The molecule has 0 heterocycles. The number of carbonyl (C=O) groups is 1. The van der Waals surface area contributed by atoms with E-state index in [2.05, 4.69) is 17.4 Å². The zero-order chi connectivity index (χ0) is 15.4. The molecule has 114 valence electrons. The van der Waals surface area contributed by atoms with Crippen LogP contribution >= 0.6 is 11.6 Å². The molecule has 0 saturated heterocycles. The van der Waals surface area contributed by atoms with Crippen LogP contribution in [0.15, 0.2) is 54.6 Å². The molecule has 1 aliphatic carbocycles. The number of rotatable bonds is 4. The van der Waals surface area contributed by atoms with Crippen molar-refractivity contribution in [2.24, 2.45) is 5.92 Å². The number of carbonyl (C=O) groups excluding carboxylic acids is 1. The van der Waals surface area contributed by atoms with Gasteiger partial charge in [0.1, 0.15) is 5.78 Å². The fourth-order valence-electron chi connectivity index (χ4n) is 3.20. The standard InChI is InChI=1S/C19H20ClNO/c20-15-9-6-10-16(13-15)21-19(14-7-2-1-3-8-14)17-11-4-5-12-18(17)22/h1-3,6-10,13,17,19,21H,4-5,11-12H2. The molecule has 3 heteroatoms. The van der Waals surface area contributed by atoms with Crippen LogP contribution in [0.4, 0.5) is 5.69 Å². The zero-order valence-electron chi connectivity index (χ0n) is 12.5. The molecule has 0 aliphatic heterocycles. The van der Waals surface area contributed by atoms with Crippen molar-refractivity contribution in [3.05, 3.63) is 65.2 Å². The second-order valence-electron chi connectivity index (χ2n) is 5.86. The molecular formula is C19H20ClNO. The first-order valence-electron chi connectivity index (χ1n) is 7.84. The predicted molar refractivity (Wildman–Crippen MR) is 91.2 cm³/mol. The molecule has 1 aliphatic rings. The summed E-state index contributed by atoms with van der Waals surface area (Å²) in [6.45, 7) is 0. The molecule has 1 N–H and O–H groups in total. The van der Waals surface area contributed by atoms with Gasteiger partial charge in [0.2, 0.25) is 0 Å². The van der Waals surface area contributed by atoms with Crippen molar-refractivity contribution in [1.82, 2.24) is 0 Å². The van der Waals surface area contributed by atoms with Gasteiger partial charge in [0.15, 0.2) is 0 Å². The lowest BCUT2D eigenvalue weighted by Gasteiger charge is -2.31.